The van der Waals surface area contributed by atoms with Crippen molar-refractivity contribution in [2.24, 2.45) is 5.73 Å². The highest BCUT2D eigenvalue weighted by molar-refractivity contribution is 6.32. The minimum atomic E-state index is -0.948. The van der Waals surface area contributed by atoms with Gasteiger partial charge in [-0.1, -0.05) is 25.4 Å². The number of rotatable bonds is 4. The van der Waals surface area contributed by atoms with Crippen LogP contribution in [-0.4, -0.2) is 17.9 Å². The van der Waals surface area contributed by atoms with Crippen molar-refractivity contribution < 1.29 is 19.4 Å². The predicted molar refractivity (Wildman–Crippen MR) is 70.8 cm³/mol. The third-order valence-corrected chi connectivity index (χ3v) is 3.32. The number of hydrogen-bond acceptors (Lipinski definition) is 4. The molecule has 0 saturated carbocycles. The molecule has 1 heterocycles. The van der Waals surface area contributed by atoms with Crippen molar-refractivity contribution in [2.75, 3.05) is 6.79 Å². The van der Waals surface area contributed by atoms with Crippen molar-refractivity contribution in [1.82, 2.24) is 0 Å². The summed E-state index contributed by atoms with van der Waals surface area (Å²) in [6.45, 7) is 4.09. The Balaban J connectivity index is 2.54. The van der Waals surface area contributed by atoms with Crippen molar-refractivity contribution in [3.8, 4) is 11.5 Å². The zero-order valence-electron chi connectivity index (χ0n) is 10.8. The van der Waals surface area contributed by atoms with Gasteiger partial charge in [0.05, 0.1) is 11.4 Å². The van der Waals surface area contributed by atoms with Crippen molar-refractivity contribution >= 4 is 17.6 Å². The molecule has 1 aliphatic rings. The number of halogens is 1. The number of carboxylic acid groups (broad SMARTS) is 1. The summed E-state index contributed by atoms with van der Waals surface area (Å²) in [6.07, 6.45) is -0.157. The smallest absolute Gasteiger partial charge is 0.305 e. The highest BCUT2D eigenvalue weighted by atomic mass is 35.5. The van der Waals surface area contributed by atoms with Gasteiger partial charge in [0, 0.05) is 11.6 Å². The first kappa shape index (κ1) is 14.0. The van der Waals surface area contributed by atoms with Gasteiger partial charge in [-0.2, -0.15) is 0 Å². The molecule has 0 spiro atoms. The maximum absolute atomic E-state index is 10.8. The Hall–Kier alpha value is -1.46. The van der Waals surface area contributed by atoms with E-state index in [-0.39, 0.29) is 19.1 Å². The second kappa shape index (κ2) is 5.27. The van der Waals surface area contributed by atoms with Crippen LogP contribution in [0.2, 0.25) is 5.02 Å². The van der Waals surface area contributed by atoms with Crippen molar-refractivity contribution in [2.45, 2.75) is 32.2 Å². The first-order chi connectivity index (χ1) is 8.91. The normalized spacial score (nSPS) is 14.8. The van der Waals surface area contributed by atoms with E-state index in [2.05, 4.69) is 0 Å². The van der Waals surface area contributed by atoms with Gasteiger partial charge in [0.2, 0.25) is 6.79 Å². The molecular formula is C13H16ClNO4. The van der Waals surface area contributed by atoms with Crippen LogP contribution in [-0.2, 0) is 4.79 Å². The predicted octanol–water partition coefficient (Wildman–Crippen LogP) is 2.67. The highest BCUT2D eigenvalue weighted by Crippen LogP contribution is 2.47. The van der Waals surface area contributed by atoms with Crippen LogP contribution in [0.4, 0.5) is 0 Å². The van der Waals surface area contributed by atoms with E-state index < -0.39 is 12.0 Å². The lowest BCUT2D eigenvalue weighted by Crippen LogP contribution is -2.17. The Labute approximate surface area is 116 Å². The summed E-state index contributed by atoms with van der Waals surface area (Å²) in [5.74, 6) is 0.272. The molecule has 0 radical (unpaired) electrons. The molecule has 0 fully saturated rings. The van der Waals surface area contributed by atoms with Crippen LogP contribution >= 0.6 is 11.6 Å². The Morgan fingerprint density at radius 1 is 1.47 bits per heavy atom. The SMILES string of the molecule is CC(C)c1c(C(N)CC(=O)O)cc(Cl)c2c1OCO2. The van der Waals surface area contributed by atoms with Gasteiger partial charge >= 0.3 is 5.97 Å². The van der Waals surface area contributed by atoms with Crippen molar-refractivity contribution in [1.29, 1.82) is 0 Å². The van der Waals surface area contributed by atoms with Crippen LogP contribution < -0.4 is 15.2 Å². The Morgan fingerprint density at radius 3 is 2.68 bits per heavy atom. The Morgan fingerprint density at radius 2 is 2.11 bits per heavy atom. The maximum Gasteiger partial charge on any atom is 0.305 e. The molecule has 0 amide bonds. The fourth-order valence-electron chi connectivity index (χ4n) is 2.27. The summed E-state index contributed by atoms with van der Waals surface area (Å²) in [4.78, 5) is 10.8. The molecule has 2 rings (SSSR count). The third-order valence-electron chi connectivity index (χ3n) is 3.04. The summed E-state index contributed by atoms with van der Waals surface area (Å²) >= 11 is 6.12. The van der Waals surface area contributed by atoms with E-state index in [1.807, 2.05) is 13.8 Å². The molecule has 19 heavy (non-hydrogen) atoms. The largest absolute Gasteiger partial charge is 0.481 e. The molecule has 1 unspecified atom stereocenters. The van der Waals surface area contributed by atoms with Gasteiger partial charge in [0.15, 0.2) is 11.5 Å². The molecule has 1 atom stereocenters. The zero-order valence-corrected chi connectivity index (χ0v) is 11.5. The van der Waals surface area contributed by atoms with Crippen LogP contribution in [0.25, 0.3) is 0 Å². The number of ether oxygens (including phenoxy) is 2. The molecule has 0 aromatic heterocycles. The van der Waals surface area contributed by atoms with E-state index in [1.54, 1.807) is 6.07 Å². The van der Waals surface area contributed by atoms with E-state index in [1.165, 1.54) is 0 Å². The number of fused-ring (bicyclic) bond motifs is 1. The lowest BCUT2D eigenvalue weighted by atomic mass is 9.90. The number of carbonyl (C=O) groups is 1. The minimum Gasteiger partial charge on any atom is -0.481 e. The maximum atomic E-state index is 10.8. The van der Waals surface area contributed by atoms with Crippen LogP contribution in [0, 0.1) is 0 Å². The van der Waals surface area contributed by atoms with Gasteiger partial charge in [-0.05, 0) is 17.5 Å². The molecule has 0 bridgehead atoms. The van der Waals surface area contributed by atoms with E-state index in [0.717, 1.165) is 5.56 Å². The summed E-state index contributed by atoms with van der Waals surface area (Å²) < 4.78 is 10.8. The molecule has 0 aliphatic carbocycles. The van der Waals surface area contributed by atoms with Gasteiger partial charge in [0.25, 0.3) is 0 Å². The van der Waals surface area contributed by atoms with Gasteiger partial charge in [0.1, 0.15) is 0 Å². The van der Waals surface area contributed by atoms with Gasteiger partial charge < -0.3 is 20.3 Å². The minimum absolute atomic E-state index is 0.117. The number of nitrogens with two attached hydrogens (primary N) is 1. The fraction of sp³-hybridized carbons (Fsp3) is 0.462. The highest BCUT2D eigenvalue weighted by Gasteiger charge is 2.28. The molecular weight excluding hydrogens is 270 g/mol. The number of benzene rings is 1. The number of carboxylic acids is 1. The standard InChI is InChI=1S/C13H16ClNO4/c1-6(2)11-7(9(15)4-10(16)17)3-8(14)12-13(11)19-5-18-12/h3,6,9H,4-5,15H2,1-2H3,(H,16,17). The van der Waals surface area contributed by atoms with Crippen LogP contribution in [0.5, 0.6) is 11.5 Å². The lowest BCUT2D eigenvalue weighted by Gasteiger charge is -2.20. The molecule has 1 aliphatic heterocycles. The van der Waals surface area contributed by atoms with Crippen LogP contribution in [0.3, 0.4) is 0 Å². The Bertz CT molecular complexity index is 516. The molecule has 6 heteroatoms. The van der Waals surface area contributed by atoms with E-state index in [4.69, 9.17) is 31.9 Å². The van der Waals surface area contributed by atoms with Crippen LogP contribution in [0.15, 0.2) is 6.07 Å². The van der Waals surface area contributed by atoms with Gasteiger partial charge in [-0.25, -0.2) is 0 Å². The molecule has 1 aromatic carbocycles. The second-order valence-corrected chi connectivity index (χ2v) is 5.19. The summed E-state index contributed by atoms with van der Waals surface area (Å²) in [7, 11) is 0. The van der Waals surface area contributed by atoms with Crippen molar-refractivity contribution in [3.05, 3.63) is 22.2 Å². The number of hydrogen-bond donors (Lipinski definition) is 2. The van der Waals surface area contributed by atoms with E-state index in [9.17, 15) is 4.79 Å². The average Bonchev–Trinajstić information content (AvgIpc) is 2.76. The van der Waals surface area contributed by atoms with Crippen molar-refractivity contribution in [3.63, 3.8) is 0 Å². The quantitative estimate of drug-likeness (QED) is 0.889. The van der Waals surface area contributed by atoms with Gasteiger partial charge in [-0.3, -0.25) is 4.79 Å². The summed E-state index contributed by atoms with van der Waals surface area (Å²) in [6, 6.07) is 1.06. The summed E-state index contributed by atoms with van der Waals surface area (Å²) in [5, 5.41) is 9.26. The molecule has 5 nitrogen and oxygen atoms in total. The molecule has 3 N–H and O–H groups in total. The zero-order chi connectivity index (χ0) is 14.2. The molecule has 1 aromatic rings. The van der Waals surface area contributed by atoms with Crippen LogP contribution in [0.1, 0.15) is 43.4 Å². The summed E-state index contributed by atoms with van der Waals surface area (Å²) in [5.41, 5.74) is 7.53. The monoisotopic (exact) mass is 285 g/mol. The Kier molecular flexibility index (Phi) is 3.87. The average molecular weight is 286 g/mol. The lowest BCUT2D eigenvalue weighted by molar-refractivity contribution is -0.137. The molecule has 104 valence electrons. The third kappa shape index (κ3) is 2.62. The topological polar surface area (TPSA) is 81.8 Å². The molecule has 0 saturated heterocycles. The van der Waals surface area contributed by atoms with Gasteiger partial charge in [-0.15, -0.1) is 0 Å². The van der Waals surface area contributed by atoms with E-state index >= 15 is 0 Å². The first-order valence-corrected chi connectivity index (χ1v) is 6.38. The van der Waals surface area contributed by atoms with E-state index in [0.29, 0.717) is 22.1 Å². The first-order valence-electron chi connectivity index (χ1n) is 6.01. The fourth-order valence-corrected chi connectivity index (χ4v) is 2.53. The number of aliphatic carboxylic acids is 1. The second-order valence-electron chi connectivity index (χ2n) is 4.79.